The molecule has 1 aromatic carbocycles. The van der Waals surface area contributed by atoms with Gasteiger partial charge in [-0.1, -0.05) is 22.4 Å². The number of hydrogen-bond acceptors (Lipinski definition) is 1. The molecule has 2 aliphatic rings. The Hall–Kier alpha value is -0.410. The molecule has 4 atom stereocenters. The third-order valence-electron chi connectivity index (χ3n) is 4.92. The maximum Gasteiger partial charge on any atom is 0.123 e. The molecule has 0 spiro atoms. The van der Waals surface area contributed by atoms with Crippen LogP contribution in [0.25, 0.3) is 0 Å². The fraction of sp³-hybridized carbons (Fsp3) is 0.625. The maximum atomic E-state index is 13.2. The Bertz CT molecular complexity index is 462. The number of fused-ring (bicyclic) bond motifs is 2. The lowest BCUT2D eigenvalue weighted by Crippen LogP contribution is -2.20. The largest absolute Gasteiger partial charge is 0.393 e. The molecule has 19 heavy (non-hydrogen) atoms. The highest BCUT2D eigenvalue weighted by molar-refractivity contribution is 9.10. The molecule has 1 nitrogen and oxygen atoms in total. The van der Waals surface area contributed by atoms with E-state index in [1.807, 2.05) is 0 Å². The topological polar surface area (TPSA) is 20.2 Å². The fourth-order valence-electron chi connectivity index (χ4n) is 4.05. The number of aliphatic hydroxyl groups excluding tert-OH is 1. The van der Waals surface area contributed by atoms with E-state index in [0.717, 1.165) is 28.3 Å². The van der Waals surface area contributed by atoms with Gasteiger partial charge in [-0.3, -0.25) is 0 Å². The van der Waals surface area contributed by atoms with E-state index in [0.29, 0.717) is 12.3 Å². The van der Waals surface area contributed by atoms with E-state index in [2.05, 4.69) is 15.9 Å². The van der Waals surface area contributed by atoms with Crippen molar-refractivity contribution in [1.29, 1.82) is 0 Å². The van der Waals surface area contributed by atoms with Crippen LogP contribution in [0.2, 0.25) is 0 Å². The second kappa shape index (κ2) is 5.53. The van der Waals surface area contributed by atoms with Gasteiger partial charge in [0.2, 0.25) is 0 Å². The van der Waals surface area contributed by atoms with Crippen molar-refractivity contribution in [2.45, 2.75) is 44.6 Å². The van der Waals surface area contributed by atoms with E-state index in [-0.39, 0.29) is 11.9 Å². The number of benzene rings is 1. The minimum absolute atomic E-state index is 0.231. The minimum atomic E-state index is -0.345. The quantitative estimate of drug-likeness (QED) is 0.873. The summed E-state index contributed by atoms with van der Waals surface area (Å²) >= 11 is 3.43. The van der Waals surface area contributed by atoms with Gasteiger partial charge in [0.1, 0.15) is 5.82 Å². The first-order chi connectivity index (χ1) is 9.11. The van der Waals surface area contributed by atoms with Crippen molar-refractivity contribution >= 4 is 15.9 Å². The van der Waals surface area contributed by atoms with Gasteiger partial charge in [-0.2, -0.15) is 0 Å². The molecule has 104 valence electrons. The van der Waals surface area contributed by atoms with Crippen molar-refractivity contribution < 1.29 is 9.50 Å². The van der Waals surface area contributed by atoms with Crippen LogP contribution in [0, 0.1) is 23.6 Å². The molecule has 0 saturated heterocycles. The van der Waals surface area contributed by atoms with E-state index in [4.69, 9.17) is 0 Å². The van der Waals surface area contributed by atoms with Crippen LogP contribution in [0.3, 0.4) is 0 Å². The molecular formula is C16H20BrFO. The van der Waals surface area contributed by atoms with Crippen molar-refractivity contribution in [2.75, 3.05) is 0 Å². The first kappa shape index (κ1) is 13.6. The Labute approximate surface area is 122 Å². The van der Waals surface area contributed by atoms with Crippen molar-refractivity contribution in [3.63, 3.8) is 0 Å². The van der Waals surface area contributed by atoms with Crippen LogP contribution in [-0.2, 0) is 6.42 Å². The van der Waals surface area contributed by atoms with E-state index < -0.39 is 0 Å². The molecule has 1 aromatic rings. The molecule has 2 fully saturated rings. The Morgan fingerprint density at radius 2 is 2.16 bits per heavy atom. The Morgan fingerprint density at radius 3 is 2.84 bits per heavy atom. The molecule has 2 bridgehead atoms. The van der Waals surface area contributed by atoms with Gasteiger partial charge in [0.25, 0.3) is 0 Å². The molecule has 1 N–H and O–H groups in total. The van der Waals surface area contributed by atoms with Gasteiger partial charge in [0.15, 0.2) is 0 Å². The minimum Gasteiger partial charge on any atom is -0.393 e. The third kappa shape index (κ3) is 3.03. The van der Waals surface area contributed by atoms with Gasteiger partial charge in [0, 0.05) is 4.47 Å². The van der Waals surface area contributed by atoms with E-state index in [1.165, 1.54) is 37.8 Å². The number of aliphatic hydroxyl groups is 1. The van der Waals surface area contributed by atoms with E-state index in [1.54, 1.807) is 6.07 Å². The molecule has 0 amide bonds. The highest BCUT2D eigenvalue weighted by atomic mass is 79.9. The standard InChI is InChI=1S/C16H20BrFO/c17-16-4-3-14(18)7-13(16)9-15(19)8-12-6-10-1-2-11(12)5-10/h3-4,7,10-12,15,19H,1-2,5-6,8-9H2. The van der Waals surface area contributed by atoms with Crippen molar-refractivity contribution in [3.05, 3.63) is 34.1 Å². The maximum absolute atomic E-state index is 13.2. The second-order valence-corrected chi connectivity index (χ2v) is 7.12. The normalized spacial score (nSPS) is 30.8. The molecule has 2 saturated carbocycles. The second-order valence-electron chi connectivity index (χ2n) is 6.26. The van der Waals surface area contributed by atoms with Gasteiger partial charge in [-0.15, -0.1) is 0 Å². The highest BCUT2D eigenvalue weighted by Crippen LogP contribution is 2.50. The van der Waals surface area contributed by atoms with E-state index >= 15 is 0 Å². The SMILES string of the molecule is OC(Cc1cc(F)ccc1Br)CC1CC2CCC1C2. The predicted octanol–water partition coefficient (Wildman–Crippen LogP) is 4.32. The smallest absolute Gasteiger partial charge is 0.123 e. The lowest BCUT2D eigenvalue weighted by atomic mass is 9.84. The zero-order valence-corrected chi connectivity index (χ0v) is 12.6. The Morgan fingerprint density at radius 1 is 1.32 bits per heavy atom. The Kier molecular flexibility index (Phi) is 3.95. The van der Waals surface area contributed by atoms with Crippen LogP contribution >= 0.6 is 15.9 Å². The average molecular weight is 327 g/mol. The summed E-state index contributed by atoms with van der Waals surface area (Å²) in [6, 6.07) is 4.68. The summed E-state index contributed by atoms with van der Waals surface area (Å²) in [5, 5.41) is 10.3. The molecule has 3 rings (SSSR count). The summed E-state index contributed by atoms with van der Waals surface area (Å²) in [4.78, 5) is 0. The molecule has 0 radical (unpaired) electrons. The highest BCUT2D eigenvalue weighted by Gasteiger charge is 2.39. The van der Waals surface area contributed by atoms with Crippen LogP contribution in [0.1, 0.15) is 37.7 Å². The van der Waals surface area contributed by atoms with Crippen LogP contribution in [-0.4, -0.2) is 11.2 Å². The molecule has 4 unspecified atom stereocenters. The molecule has 0 aliphatic heterocycles. The summed E-state index contributed by atoms with van der Waals surface area (Å²) in [5.74, 6) is 2.23. The molecule has 0 aromatic heterocycles. The summed E-state index contributed by atoms with van der Waals surface area (Å²) < 4.78 is 14.1. The number of hydrogen-bond donors (Lipinski definition) is 1. The summed E-state index contributed by atoms with van der Waals surface area (Å²) in [7, 11) is 0. The molecule has 2 aliphatic carbocycles. The van der Waals surface area contributed by atoms with Gasteiger partial charge in [-0.25, -0.2) is 4.39 Å². The van der Waals surface area contributed by atoms with Crippen LogP contribution in [0.15, 0.2) is 22.7 Å². The van der Waals surface area contributed by atoms with Crippen LogP contribution < -0.4 is 0 Å². The number of rotatable bonds is 4. The van der Waals surface area contributed by atoms with Crippen LogP contribution in [0.4, 0.5) is 4.39 Å². The van der Waals surface area contributed by atoms with Crippen molar-refractivity contribution in [2.24, 2.45) is 17.8 Å². The fourth-order valence-corrected chi connectivity index (χ4v) is 4.46. The first-order valence-electron chi connectivity index (χ1n) is 7.24. The lowest BCUT2D eigenvalue weighted by molar-refractivity contribution is 0.124. The van der Waals surface area contributed by atoms with Gasteiger partial charge < -0.3 is 5.11 Å². The van der Waals surface area contributed by atoms with Crippen molar-refractivity contribution in [3.8, 4) is 0 Å². The molecule has 0 heterocycles. The van der Waals surface area contributed by atoms with Crippen LogP contribution in [0.5, 0.6) is 0 Å². The lowest BCUT2D eigenvalue weighted by Gasteiger charge is -2.24. The third-order valence-corrected chi connectivity index (χ3v) is 5.70. The Balaban J connectivity index is 1.59. The number of halogens is 2. The summed E-state index contributed by atoms with van der Waals surface area (Å²) in [5.41, 5.74) is 0.871. The predicted molar refractivity (Wildman–Crippen MR) is 77.4 cm³/mol. The summed E-state index contributed by atoms with van der Waals surface area (Å²) in [6.45, 7) is 0. The monoisotopic (exact) mass is 326 g/mol. The van der Waals surface area contributed by atoms with Crippen molar-refractivity contribution in [1.82, 2.24) is 0 Å². The van der Waals surface area contributed by atoms with E-state index in [9.17, 15) is 9.50 Å². The molecule has 3 heteroatoms. The summed E-state index contributed by atoms with van der Waals surface area (Å²) in [6.07, 6.45) is 6.50. The van der Waals surface area contributed by atoms with Gasteiger partial charge in [-0.05, 0) is 73.6 Å². The van der Waals surface area contributed by atoms with Gasteiger partial charge >= 0.3 is 0 Å². The zero-order chi connectivity index (χ0) is 13.4. The first-order valence-corrected chi connectivity index (χ1v) is 8.03. The average Bonchev–Trinajstić information content (AvgIpc) is 2.96. The van der Waals surface area contributed by atoms with Gasteiger partial charge in [0.05, 0.1) is 6.10 Å². The molecular weight excluding hydrogens is 307 g/mol. The zero-order valence-electron chi connectivity index (χ0n) is 11.0.